The van der Waals surface area contributed by atoms with Crippen LogP contribution < -0.4 is 0 Å². The zero-order valence-electron chi connectivity index (χ0n) is 20.2. The van der Waals surface area contributed by atoms with Crippen LogP contribution in [0.4, 0.5) is 13.2 Å². The molecule has 3 aromatic heterocycles. The van der Waals surface area contributed by atoms with Crippen LogP contribution in [0.2, 0.25) is 0 Å². The van der Waals surface area contributed by atoms with Crippen molar-refractivity contribution < 1.29 is 18.0 Å². The minimum atomic E-state index is -4.62. The number of alkyl halides is 3. The van der Waals surface area contributed by atoms with E-state index in [4.69, 9.17) is 0 Å². The first-order valence-corrected chi connectivity index (χ1v) is 11.6. The van der Waals surface area contributed by atoms with Crippen molar-refractivity contribution in [2.24, 2.45) is 7.05 Å². The van der Waals surface area contributed by atoms with Crippen LogP contribution in [-0.4, -0.2) is 41.7 Å². The van der Waals surface area contributed by atoms with Crippen LogP contribution in [0.15, 0.2) is 49.1 Å². The molecular weight excluding hydrogens is 469 g/mol. The molecule has 4 aromatic rings. The number of halogens is 3. The van der Waals surface area contributed by atoms with Crippen molar-refractivity contribution in [1.29, 1.82) is 0 Å². The van der Waals surface area contributed by atoms with E-state index in [0.29, 0.717) is 48.3 Å². The number of rotatable bonds is 5. The van der Waals surface area contributed by atoms with Crippen molar-refractivity contribution >= 4 is 5.91 Å². The van der Waals surface area contributed by atoms with Gasteiger partial charge in [0.05, 0.1) is 12.2 Å². The average molecular weight is 495 g/mol. The van der Waals surface area contributed by atoms with Crippen LogP contribution in [0.25, 0.3) is 11.1 Å². The molecule has 1 aromatic carbocycles. The SMILES string of the molecule is Cc1cccnc1CN1CCc2c(cc(Cn3ccnc3C)cc2-c2cn(C)nc2C(F)(F)F)C1=O. The van der Waals surface area contributed by atoms with Gasteiger partial charge in [0.15, 0.2) is 5.69 Å². The molecule has 1 amide bonds. The van der Waals surface area contributed by atoms with Crippen LogP contribution in [-0.2, 0) is 32.7 Å². The van der Waals surface area contributed by atoms with Gasteiger partial charge in [-0.3, -0.25) is 14.5 Å². The molecule has 1 aliphatic heterocycles. The van der Waals surface area contributed by atoms with Gasteiger partial charge in [0.1, 0.15) is 5.82 Å². The van der Waals surface area contributed by atoms with Gasteiger partial charge in [-0.2, -0.15) is 18.3 Å². The van der Waals surface area contributed by atoms with Crippen molar-refractivity contribution in [3.8, 4) is 11.1 Å². The van der Waals surface area contributed by atoms with E-state index in [9.17, 15) is 18.0 Å². The summed E-state index contributed by atoms with van der Waals surface area (Å²) in [5.41, 5.74) is 2.93. The van der Waals surface area contributed by atoms with Gasteiger partial charge in [-0.15, -0.1) is 0 Å². The Morgan fingerprint density at radius 2 is 1.81 bits per heavy atom. The first-order valence-electron chi connectivity index (χ1n) is 11.6. The molecule has 0 bridgehead atoms. The molecule has 0 saturated carbocycles. The summed E-state index contributed by atoms with van der Waals surface area (Å²) in [6.45, 7) is 4.89. The summed E-state index contributed by atoms with van der Waals surface area (Å²) >= 11 is 0. The zero-order valence-corrected chi connectivity index (χ0v) is 20.2. The van der Waals surface area contributed by atoms with Gasteiger partial charge in [0.25, 0.3) is 5.91 Å². The molecule has 0 radical (unpaired) electrons. The lowest BCUT2D eigenvalue weighted by molar-refractivity contribution is -0.140. The summed E-state index contributed by atoms with van der Waals surface area (Å²) in [7, 11) is 1.46. The second kappa shape index (κ2) is 8.92. The Labute approximate surface area is 206 Å². The first-order chi connectivity index (χ1) is 17.1. The highest BCUT2D eigenvalue weighted by Gasteiger charge is 2.39. The largest absolute Gasteiger partial charge is 0.435 e. The van der Waals surface area contributed by atoms with Crippen LogP contribution in [0.3, 0.4) is 0 Å². The molecule has 0 unspecified atom stereocenters. The summed E-state index contributed by atoms with van der Waals surface area (Å²) in [5, 5.41) is 3.70. The smallest absolute Gasteiger partial charge is 0.332 e. The molecule has 5 rings (SSSR count). The van der Waals surface area contributed by atoms with Gasteiger partial charge < -0.3 is 9.47 Å². The Bertz CT molecular complexity index is 1450. The number of aryl methyl sites for hydroxylation is 3. The van der Waals surface area contributed by atoms with E-state index in [1.54, 1.807) is 35.6 Å². The summed E-state index contributed by atoms with van der Waals surface area (Å²) in [5.74, 6) is 0.550. The lowest BCUT2D eigenvalue weighted by atomic mass is 9.88. The summed E-state index contributed by atoms with van der Waals surface area (Å²) in [4.78, 5) is 24.0. The van der Waals surface area contributed by atoms with Gasteiger partial charge in [-0.25, -0.2) is 4.98 Å². The maximum Gasteiger partial charge on any atom is 0.435 e. The molecule has 0 fully saturated rings. The molecule has 4 heterocycles. The number of carbonyl (C=O) groups is 1. The number of nitrogens with zero attached hydrogens (tertiary/aromatic N) is 6. The summed E-state index contributed by atoms with van der Waals surface area (Å²) in [6, 6.07) is 7.32. The van der Waals surface area contributed by atoms with Crippen molar-refractivity contribution in [3.63, 3.8) is 0 Å². The minimum Gasteiger partial charge on any atom is -0.332 e. The fraction of sp³-hybridized carbons (Fsp3) is 0.308. The monoisotopic (exact) mass is 494 g/mol. The Balaban J connectivity index is 1.62. The van der Waals surface area contributed by atoms with E-state index in [-0.39, 0.29) is 11.5 Å². The summed E-state index contributed by atoms with van der Waals surface area (Å²) < 4.78 is 44.7. The Morgan fingerprint density at radius 3 is 2.50 bits per heavy atom. The molecule has 186 valence electrons. The maximum absolute atomic E-state index is 13.9. The number of pyridine rings is 1. The van der Waals surface area contributed by atoms with Gasteiger partial charge in [0, 0.05) is 56.1 Å². The first kappa shape index (κ1) is 23.8. The van der Waals surface area contributed by atoms with Crippen molar-refractivity contribution in [2.45, 2.75) is 39.5 Å². The number of carbonyl (C=O) groups excluding carboxylic acids is 1. The molecule has 7 nitrogen and oxygen atoms in total. The van der Waals surface area contributed by atoms with Crippen LogP contribution in [0, 0.1) is 13.8 Å². The lowest BCUT2D eigenvalue weighted by Gasteiger charge is -2.30. The number of imidazole rings is 1. The quantitative estimate of drug-likeness (QED) is 0.408. The Morgan fingerprint density at radius 1 is 1.03 bits per heavy atom. The van der Waals surface area contributed by atoms with E-state index >= 15 is 0 Å². The molecule has 36 heavy (non-hydrogen) atoms. The Hall–Kier alpha value is -3.95. The minimum absolute atomic E-state index is 0.0210. The predicted molar refractivity (Wildman–Crippen MR) is 127 cm³/mol. The fourth-order valence-corrected chi connectivity index (χ4v) is 4.72. The third-order valence-electron chi connectivity index (χ3n) is 6.58. The van der Waals surface area contributed by atoms with Gasteiger partial charge in [-0.1, -0.05) is 6.07 Å². The number of benzene rings is 1. The third kappa shape index (κ3) is 4.38. The number of hydrogen-bond donors (Lipinski definition) is 0. The predicted octanol–water partition coefficient (Wildman–Crippen LogP) is 4.56. The van der Waals surface area contributed by atoms with Crippen molar-refractivity contribution in [1.82, 2.24) is 29.2 Å². The molecule has 0 saturated heterocycles. The van der Waals surface area contributed by atoms with E-state index in [1.165, 1.54) is 13.2 Å². The third-order valence-corrected chi connectivity index (χ3v) is 6.58. The zero-order chi connectivity index (χ0) is 25.6. The molecule has 0 N–H and O–H groups in total. The molecule has 0 aliphatic carbocycles. The van der Waals surface area contributed by atoms with Crippen molar-refractivity contribution in [3.05, 3.63) is 88.5 Å². The highest BCUT2D eigenvalue weighted by molar-refractivity contribution is 5.99. The highest BCUT2D eigenvalue weighted by Crippen LogP contribution is 2.40. The van der Waals surface area contributed by atoms with E-state index in [1.807, 2.05) is 30.5 Å². The van der Waals surface area contributed by atoms with Gasteiger partial charge in [-0.05, 0) is 60.7 Å². The number of hydrogen-bond acceptors (Lipinski definition) is 4. The standard InChI is InChI=1S/C26H25F3N6O/c1-16-5-4-7-31-23(16)15-35-9-6-19-20(22-14-33(3)32-24(22)26(27,28)29)11-18(12-21(19)25(35)36)13-34-10-8-30-17(34)2/h4-5,7-8,10-12,14H,6,9,13,15H2,1-3H3. The Kier molecular flexibility index (Phi) is 5.89. The normalized spacial score (nSPS) is 13.8. The topological polar surface area (TPSA) is 68.8 Å². The molecule has 0 atom stereocenters. The number of amides is 1. The number of aromatic nitrogens is 5. The maximum atomic E-state index is 13.9. The average Bonchev–Trinajstić information content (AvgIpc) is 3.42. The summed E-state index contributed by atoms with van der Waals surface area (Å²) in [6.07, 6.45) is 2.34. The van der Waals surface area contributed by atoms with E-state index < -0.39 is 11.9 Å². The molecule has 10 heteroatoms. The van der Waals surface area contributed by atoms with Crippen LogP contribution >= 0.6 is 0 Å². The van der Waals surface area contributed by atoms with E-state index in [0.717, 1.165) is 21.8 Å². The number of fused-ring (bicyclic) bond motifs is 1. The lowest BCUT2D eigenvalue weighted by Crippen LogP contribution is -2.38. The fourth-order valence-electron chi connectivity index (χ4n) is 4.72. The molecule has 0 spiro atoms. The van der Waals surface area contributed by atoms with Gasteiger partial charge >= 0.3 is 6.18 Å². The van der Waals surface area contributed by atoms with Crippen LogP contribution in [0.5, 0.6) is 0 Å². The van der Waals surface area contributed by atoms with Gasteiger partial charge in [0.2, 0.25) is 0 Å². The molecular formula is C26H25F3N6O. The highest BCUT2D eigenvalue weighted by atomic mass is 19.4. The second-order valence-electron chi connectivity index (χ2n) is 9.08. The van der Waals surface area contributed by atoms with Crippen molar-refractivity contribution in [2.75, 3.05) is 6.54 Å². The van der Waals surface area contributed by atoms with E-state index in [2.05, 4.69) is 15.1 Å². The van der Waals surface area contributed by atoms with Crippen LogP contribution in [0.1, 0.15) is 44.3 Å². The molecule has 1 aliphatic rings. The second-order valence-corrected chi connectivity index (χ2v) is 9.08.